The summed E-state index contributed by atoms with van der Waals surface area (Å²) in [4.78, 5) is 24.9. The predicted molar refractivity (Wildman–Crippen MR) is 72.8 cm³/mol. The molecule has 0 fully saturated rings. The van der Waals surface area contributed by atoms with Crippen LogP contribution < -0.4 is 5.73 Å². The van der Waals surface area contributed by atoms with E-state index in [0.29, 0.717) is 18.7 Å². The lowest BCUT2D eigenvalue weighted by Gasteiger charge is -2.34. The molecule has 0 saturated heterocycles. The Balaban J connectivity index is 3.04. The number of carboxylic acids is 1. The SMILES string of the molecule is CCN(C(=O)c1ccc(CN)cc1)C(C)(C)C(=O)O. The Bertz CT molecular complexity index is 466. The summed E-state index contributed by atoms with van der Waals surface area (Å²) in [5.74, 6) is -1.32. The zero-order valence-electron chi connectivity index (χ0n) is 11.5. The van der Waals surface area contributed by atoms with Crippen LogP contribution in [0.1, 0.15) is 36.7 Å². The zero-order valence-corrected chi connectivity index (χ0v) is 11.5. The molecule has 1 aromatic carbocycles. The van der Waals surface area contributed by atoms with Crippen molar-refractivity contribution < 1.29 is 14.7 Å². The van der Waals surface area contributed by atoms with E-state index in [1.165, 1.54) is 18.7 Å². The quantitative estimate of drug-likeness (QED) is 0.843. The second kappa shape index (κ2) is 5.84. The van der Waals surface area contributed by atoms with Crippen molar-refractivity contribution in [3.05, 3.63) is 35.4 Å². The maximum atomic E-state index is 12.4. The van der Waals surface area contributed by atoms with Crippen LogP contribution in [0.4, 0.5) is 0 Å². The Labute approximate surface area is 113 Å². The fraction of sp³-hybridized carbons (Fsp3) is 0.429. The molecule has 1 amide bonds. The predicted octanol–water partition coefficient (Wildman–Crippen LogP) is 1.47. The summed E-state index contributed by atoms with van der Waals surface area (Å²) in [6.07, 6.45) is 0. The van der Waals surface area contributed by atoms with Crippen molar-refractivity contribution in [1.82, 2.24) is 4.90 Å². The molecule has 0 aliphatic carbocycles. The van der Waals surface area contributed by atoms with E-state index >= 15 is 0 Å². The highest BCUT2D eigenvalue weighted by Crippen LogP contribution is 2.18. The number of likely N-dealkylation sites (N-methyl/N-ethyl adjacent to an activating group) is 1. The molecule has 0 radical (unpaired) electrons. The van der Waals surface area contributed by atoms with E-state index in [1.54, 1.807) is 31.2 Å². The summed E-state index contributed by atoms with van der Waals surface area (Å²) in [7, 11) is 0. The van der Waals surface area contributed by atoms with Gasteiger partial charge in [-0.15, -0.1) is 0 Å². The number of rotatable bonds is 5. The van der Waals surface area contributed by atoms with Crippen LogP contribution in [0, 0.1) is 0 Å². The van der Waals surface area contributed by atoms with Crippen LogP contribution in [-0.4, -0.2) is 34.0 Å². The number of benzene rings is 1. The minimum atomic E-state index is -1.24. The van der Waals surface area contributed by atoms with E-state index in [2.05, 4.69) is 0 Å². The fourth-order valence-electron chi connectivity index (χ4n) is 1.85. The molecule has 5 nitrogen and oxygen atoms in total. The van der Waals surface area contributed by atoms with Crippen molar-refractivity contribution in [1.29, 1.82) is 0 Å². The maximum absolute atomic E-state index is 12.4. The monoisotopic (exact) mass is 264 g/mol. The van der Waals surface area contributed by atoms with Crippen LogP contribution in [0.25, 0.3) is 0 Å². The topological polar surface area (TPSA) is 83.6 Å². The fourth-order valence-corrected chi connectivity index (χ4v) is 1.85. The van der Waals surface area contributed by atoms with Crippen molar-refractivity contribution in [3.63, 3.8) is 0 Å². The Morgan fingerprint density at radius 3 is 2.16 bits per heavy atom. The molecule has 1 aromatic rings. The van der Waals surface area contributed by atoms with Gasteiger partial charge in [0.25, 0.3) is 5.91 Å². The Kier molecular flexibility index (Phi) is 4.67. The number of hydrogen-bond acceptors (Lipinski definition) is 3. The molecule has 19 heavy (non-hydrogen) atoms. The van der Waals surface area contributed by atoms with Crippen molar-refractivity contribution in [2.24, 2.45) is 5.73 Å². The number of carbonyl (C=O) groups is 2. The highest BCUT2D eigenvalue weighted by molar-refractivity contribution is 5.97. The number of amides is 1. The molecule has 3 N–H and O–H groups in total. The maximum Gasteiger partial charge on any atom is 0.329 e. The first-order valence-corrected chi connectivity index (χ1v) is 6.19. The van der Waals surface area contributed by atoms with Gasteiger partial charge in [-0.2, -0.15) is 0 Å². The third-order valence-electron chi connectivity index (χ3n) is 3.20. The molecule has 0 atom stereocenters. The highest BCUT2D eigenvalue weighted by Gasteiger charge is 2.37. The van der Waals surface area contributed by atoms with Gasteiger partial charge in [-0.1, -0.05) is 12.1 Å². The molecule has 5 heteroatoms. The number of nitrogens with two attached hydrogens (primary N) is 1. The first-order valence-electron chi connectivity index (χ1n) is 6.19. The van der Waals surface area contributed by atoms with Crippen molar-refractivity contribution in [2.75, 3.05) is 6.54 Å². The average molecular weight is 264 g/mol. The second-order valence-corrected chi connectivity index (χ2v) is 4.81. The lowest BCUT2D eigenvalue weighted by atomic mass is 10.0. The van der Waals surface area contributed by atoms with E-state index in [9.17, 15) is 14.7 Å². The van der Waals surface area contributed by atoms with Gasteiger partial charge in [0.15, 0.2) is 0 Å². The van der Waals surface area contributed by atoms with Crippen molar-refractivity contribution in [2.45, 2.75) is 32.9 Å². The van der Waals surface area contributed by atoms with Gasteiger partial charge in [0.05, 0.1) is 0 Å². The van der Waals surface area contributed by atoms with Gasteiger partial charge in [-0.25, -0.2) is 4.79 Å². The van der Waals surface area contributed by atoms with Gasteiger partial charge in [0, 0.05) is 18.7 Å². The summed E-state index contributed by atoms with van der Waals surface area (Å²) >= 11 is 0. The van der Waals surface area contributed by atoms with E-state index in [1.807, 2.05) is 0 Å². The first-order chi connectivity index (χ1) is 8.84. The van der Waals surface area contributed by atoms with Gasteiger partial charge in [0.2, 0.25) is 0 Å². The summed E-state index contributed by atoms with van der Waals surface area (Å²) in [5.41, 5.74) is 5.65. The van der Waals surface area contributed by atoms with Crippen molar-refractivity contribution in [3.8, 4) is 0 Å². The number of carboxylic acid groups (broad SMARTS) is 1. The van der Waals surface area contributed by atoms with Gasteiger partial charge < -0.3 is 15.7 Å². The number of hydrogen-bond donors (Lipinski definition) is 2. The summed E-state index contributed by atoms with van der Waals surface area (Å²) in [5, 5.41) is 9.21. The molecule has 0 heterocycles. The van der Waals surface area contributed by atoms with Crippen LogP contribution >= 0.6 is 0 Å². The first kappa shape index (κ1) is 15.2. The van der Waals surface area contributed by atoms with Crippen LogP contribution in [0.15, 0.2) is 24.3 Å². The standard InChI is InChI=1S/C14H20N2O3/c1-4-16(14(2,3)13(18)19)12(17)11-7-5-10(9-15)6-8-11/h5-8H,4,9,15H2,1-3H3,(H,18,19). The normalized spacial score (nSPS) is 11.2. The Morgan fingerprint density at radius 2 is 1.79 bits per heavy atom. The van der Waals surface area contributed by atoms with Gasteiger partial charge in [-0.05, 0) is 38.5 Å². The van der Waals surface area contributed by atoms with Crippen LogP contribution in [0.2, 0.25) is 0 Å². The molecule has 1 rings (SSSR count). The number of carbonyl (C=O) groups excluding carboxylic acids is 1. The van der Waals surface area contributed by atoms with Crippen LogP contribution in [0.3, 0.4) is 0 Å². The lowest BCUT2D eigenvalue weighted by Crippen LogP contribution is -2.52. The molecule has 0 spiro atoms. The van der Waals surface area contributed by atoms with E-state index in [4.69, 9.17) is 5.73 Å². The number of nitrogens with zero attached hydrogens (tertiary/aromatic N) is 1. The largest absolute Gasteiger partial charge is 0.480 e. The molecule has 0 unspecified atom stereocenters. The van der Waals surface area contributed by atoms with E-state index in [0.717, 1.165) is 5.56 Å². The second-order valence-electron chi connectivity index (χ2n) is 4.81. The highest BCUT2D eigenvalue weighted by atomic mass is 16.4. The molecule has 0 aliphatic rings. The average Bonchev–Trinajstić information content (AvgIpc) is 2.39. The lowest BCUT2D eigenvalue weighted by molar-refractivity contribution is -0.147. The molecule has 0 saturated carbocycles. The molecule has 0 aromatic heterocycles. The molecular formula is C14H20N2O3. The van der Waals surface area contributed by atoms with Gasteiger partial charge in [0.1, 0.15) is 5.54 Å². The molecular weight excluding hydrogens is 244 g/mol. The molecule has 0 aliphatic heterocycles. The van der Waals surface area contributed by atoms with Crippen LogP contribution in [-0.2, 0) is 11.3 Å². The van der Waals surface area contributed by atoms with Crippen LogP contribution in [0.5, 0.6) is 0 Å². The zero-order chi connectivity index (χ0) is 14.6. The smallest absolute Gasteiger partial charge is 0.329 e. The van der Waals surface area contributed by atoms with Gasteiger partial charge >= 0.3 is 5.97 Å². The summed E-state index contributed by atoms with van der Waals surface area (Å²) < 4.78 is 0. The third-order valence-corrected chi connectivity index (χ3v) is 3.20. The van der Waals surface area contributed by atoms with E-state index < -0.39 is 11.5 Å². The van der Waals surface area contributed by atoms with E-state index in [-0.39, 0.29) is 5.91 Å². The van der Waals surface area contributed by atoms with Crippen molar-refractivity contribution >= 4 is 11.9 Å². The van der Waals surface area contributed by atoms with Gasteiger partial charge in [-0.3, -0.25) is 4.79 Å². The minimum absolute atomic E-state index is 0.293. The third kappa shape index (κ3) is 3.12. The summed E-state index contributed by atoms with van der Waals surface area (Å²) in [6.45, 7) is 5.54. The molecule has 0 bridgehead atoms. The molecule has 104 valence electrons. The minimum Gasteiger partial charge on any atom is -0.480 e. The Morgan fingerprint density at radius 1 is 1.26 bits per heavy atom. The summed E-state index contributed by atoms with van der Waals surface area (Å²) in [6, 6.07) is 6.89. The Hall–Kier alpha value is -1.88. The number of aliphatic carboxylic acids is 1.